The number of carbonyl (C=O) groups excluding carboxylic acids is 1. The molecule has 0 saturated carbocycles. The normalized spacial score (nSPS) is 23.5. The van der Waals surface area contributed by atoms with Crippen molar-refractivity contribution >= 4 is 5.91 Å². The van der Waals surface area contributed by atoms with E-state index in [1.165, 1.54) is 38.6 Å². The van der Waals surface area contributed by atoms with Gasteiger partial charge in [0.1, 0.15) is 0 Å². The van der Waals surface area contributed by atoms with Crippen LogP contribution in [0.3, 0.4) is 0 Å². The second-order valence-corrected chi connectivity index (χ2v) is 7.95. The topological polar surface area (TPSA) is 23.6 Å². The summed E-state index contributed by atoms with van der Waals surface area (Å²) in [5, 5.41) is 0. The monoisotopic (exact) mass is 310 g/mol. The van der Waals surface area contributed by atoms with Crippen LogP contribution in [-0.2, 0) is 4.79 Å². The molecule has 0 aromatic rings. The van der Waals surface area contributed by atoms with Crippen LogP contribution in [0.15, 0.2) is 0 Å². The third-order valence-corrected chi connectivity index (χ3v) is 4.75. The molecule has 22 heavy (non-hydrogen) atoms. The van der Waals surface area contributed by atoms with Crippen molar-refractivity contribution in [3.63, 3.8) is 0 Å². The number of amides is 1. The Bertz CT molecular complexity index is 315. The zero-order valence-electron chi connectivity index (χ0n) is 15.8. The summed E-state index contributed by atoms with van der Waals surface area (Å²) in [4.78, 5) is 17.0. The predicted octanol–water partition coefficient (Wildman–Crippen LogP) is 4.17. The van der Waals surface area contributed by atoms with Gasteiger partial charge in [0.25, 0.3) is 0 Å². The van der Waals surface area contributed by atoms with Gasteiger partial charge in [0.05, 0.1) is 0 Å². The molecule has 1 amide bonds. The van der Waals surface area contributed by atoms with E-state index in [-0.39, 0.29) is 5.92 Å². The minimum Gasteiger partial charge on any atom is -0.334 e. The molecule has 130 valence electrons. The predicted molar refractivity (Wildman–Crippen MR) is 95.0 cm³/mol. The van der Waals surface area contributed by atoms with E-state index in [1.807, 2.05) is 13.8 Å². The summed E-state index contributed by atoms with van der Waals surface area (Å²) in [5.74, 6) is 1.26. The molecular weight excluding hydrogens is 272 g/mol. The Balaban J connectivity index is 2.28. The summed E-state index contributed by atoms with van der Waals surface area (Å²) < 4.78 is 0. The van der Waals surface area contributed by atoms with Gasteiger partial charge in [0.15, 0.2) is 0 Å². The van der Waals surface area contributed by atoms with Gasteiger partial charge in [0, 0.05) is 31.1 Å². The Kier molecular flexibility index (Phi) is 8.45. The first-order valence-corrected chi connectivity index (χ1v) is 9.37. The van der Waals surface area contributed by atoms with Crippen LogP contribution in [0.2, 0.25) is 0 Å². The molecule has 1 fully saturated rings. The van der Waals surface area contributed by atoms with Crippen molar-refractivity contribution in [2.24, 2.45) is 11.8 Å². The molecule has 1 aliphatic rings. The molecule has 0 radical (unpaired) electrons. The molecular formula is C19H38N2O. The van der Waals surface area contributed by atoms with Gasteiger partial charge in [-0.25, -0.2) is 0 Å². The molecule has 1 heterocycles. The van der Waals surface area contributed by atoms with Crippen molar-refractivity contribution < 1.29 is 4.79 Å². The molecule has 0 bridgehead atoms. The van der Waals surface area contributed by atoms with Crippen LogP contribution in [0.4, 0.5) is 0 Å². The number of unbranched alkanes of at least 4 members (excludes halogenated alkanes) is 3. The molecule has 0 aromatic carbocycles. The van der Waals surface area contributed by atoms with Crippen LogP contribution in [-0.4, -0.2) is 47.4 Å². The van der Waals surface area contributed by atoms with Crippen LogP contribution in [0.5, 0.6) is 0 Å². The molecule has 3 nitrogen and oxygen atoms in total. The first-order chi connectivity index (χ1) is 10.3. The van der Waals surface area contributed by atoms with Crippen LogP contribution in [0, 0.1) is 11.8 Å². The standard InChI is InChI=1S/C19H38N2O/c1-15(2)11-9-7-8-10-12-20-13-17(5)21(18(6)14-20)19(22)16(3)4/h15-18H,7-14H2,1-6H3. The highest BCUT2D eigenvalue weighted by molar-refractivity contribution is 5.78. The number of piperazine rings is 1. The van der Waals surface area contributed by atoms with Gasteiger partial charge in [-0.2, -0.15) is 0 Å². The maximum Gasteiger partial charge on any atom is 0.225 e. The molecule has 2 unspecified atom stereocenters. The summed E-state index contributed by atoms with van der Waals surface area (Å²) in [6.07, 6.45) is 6.76. The van der Waals surface area contributed by atoms with Crippen molar-refractivity contribution in [2.75, 3.05) is 19.6 Å². The van der Waals surface area contributed by atoms with Crippen LogP contribution < -0.4 is 0 Å². The highest BCUT2D eigenvalue weighted by Crippen LogP contribution is 2.19. The zero-order valence-corrected chi connectivity index (χ0v) is 15.8. The smallest absolute Gasteiger partial charge is 0.225 e. The highest BCUT2D eigenvalue weighted by atomic mass is 16.2. The Morgan fingerprint density at radius 3 is 2.00 bits per heavy atom. The summed E-state index contributed by atoms with van der Waals surface area (Å²) in [7, 11) is 0. The third-order valence-electron chi connectivity index (χ3n) is 4.75. The molecule has 1 saturated heterocycles. The summed E-state index contributed by atoms with van der Waals surface area (Å²) >= 11 is 0. The van der Waals surface area contributed by atoms with Crippen LogP contribution >= 0.6 is 0 Å². The van der Waals surface area contributed by atoms with Gasteiger partial charge in [0.2, 0.25) is 5.91 Å². The fraction of sp³-hybridized carbons (Fsp3) is 0.947. The van der Waals surface area contributed by atoms with Crippen LogP contribution in [0.25, 0.3) is 0 Å². The minimum absolute atomic E-state index is 0.109. The fourth-order valence-corrected chi connectivity index (χ4v) is 3.59. The van der Waals surface area contributed by atoms with Crippen molar-refractivity contribution in [3.05, 3.63) is 0 Å². The fourth-order valence-electron chi connectivity index (χ4n) is 3.59. The second kappa shape index (κ2) is 9.54. The lowest BCUT2D eigenvalue weighted by atomic mass is 10.0. The average molecular weight is 311 g/mol. The van der Waals surface area contributed by atoms with Gasteiger partial charge in [-0.05, 0) is 32.7 Å². The lowest BCUT2D eigenvalue weighted by Gasteiger charge is -2.45. The Morgan fingerprint density at radius 1 is 0.955 bits per heavy atom. The van der Waals surface area contributed by atoms with Crippen molar-refractivity contribution in [3.8, 4) is 0 Å². The van der Waals surface area contributed by atoms with Crippen molar-refractivity contribution in [2.45, 2.75) is 85.7 Å². The van der Waals surface area contributed by atoms with E-state index in [0.29, 0.717) is 18.0 Å². The Hall–Kier alpha value is -0.570. The first-order valence-electron chi connectivity index (χ1n) is 9.37. The second-order valence-electron chi connectivity index (χ2n) is 7.95. The van der Waals surface area contributed by atoms with E-state index in [2.05, 4.69) is 37.5 Å². The lowest BCUT2D eigenvalue weighted by Crippen LogP contribution is -2.59. The van der Waals surface area contributed by atoms with E-state index in [9.17, 15) is 4.79 Å². The summed E-state index contributed by atoms with van der Waals surface area (Å²) in [5.41, 5.74) is 0. The molecule has 0 spiro atoms. The number of hydrogen-bond acceptors (Lipinski definition) is 2. The van der Waals surface area contributed by atoms with Crippen molar-refractivity contribution in [1.29, 1.82) is 0 Å². The van der Waals surface area contributed by atoms with Gasteiger partial charge >= 0.3 is 0 Å². The van der Waals surface area contributed by atoms with E-state index < -0.39 is 0 Å². The Labute approximate surface area is 138 Å². The maximum atomic E-state index is 12.3. The van der Waals surface area contributed by atoms with E-state index in [0.717, 1.165) is 19.0 Å². The quantitative estimate of drug-likeness (QED) is 0.628. The number of rotatable bonds is 8. The van der Waals surface area contributed by atoms with Gasteiger partial charge in [-0.1, -0.05) is 53.4 Å². The molecule has 2 atom stereocenters. The van der Waals surface area contributed by atoms with E-state index in [1.54, 1.807) is 0 Å². The molecule has 3 heteroatoms. The summed E-state index contributed by atoms with van der Waals surface area (Å²) in [6, 6.07) is 0.694. The number of hydrogen-bond donors (Lipinski definition) is 0. The average Bonchev–Trinajstić information content (AvgIpc) is 2.41. The molecule has 1 aliphatic heterocycles. The van der Waals surface area contributed by atoms with E-state index in [4.69, 9.17) is 0 Å². The van der Waals surface area contributed by atoms with Gasteiger partial charge < -0.3 is 4.90 Å². The highest BCUT2D eigenvalue weighted by Gasteiger charge is 2.33. The van der Waals surface area contributed by atoms with Gasteiger partial charge in [-0.15, -0.1) is 0 Å². The Morgan fingerprint density at radius 2 is 1.50 bits per heavy atom. The number of carbonyl (C=O) groups is 1. The molecule has 0 aliphatic carbocycles. The SMILES string of the molecule is CC(C)CCCCCCN1CC(C)N(C(=O)C(C)C)C(C)C1. The molecule has 0 aromatic heterocycles. The van der Waals surface area contributed by atoms with E-state index >= 15 is 0 Å². The first kappa shape index (κ1) is 19.5. The number of nitrogens with zero attached hydrogens (tertiary/aromatic N) is 2. The van der Waals surface area contributed by atoms with Crippen molar-refractivity contribution in [1.82, 2.24) is 9.80 Å². The maximum absolute atomic E-state index is 12.3. The third kappa shape index (κ3) is 6.28. The summed E-state index contributed by atoms with van der Waals surface area (Å²) in [6.45, 7) is 16.3. The molecule has 0 N–H and O–H groups in total. The van der Waals surface area contributed by atoms with Crippen LogP contribution in [0.1, 0.15) is 73.6 Å². The largest absolute Gasteiger partial charge is 0.334 e. The van der Waals surface area contributed by atoms with Gasteiger partial charge in [-0.3, -0.25) is 9.69 Å². The zero-order chi connectivity index (χ0) is 16.7. The minimum atomic E-state index is 0.109. The lowest BCUT2D eigenvalue weighted by molar-refractivity contribution is -0.142. The molecule has 1 rings (SSSR count).